The number of halogens is 1. The van der Waals surface area contributed by atoms with Gasteiger partial charge in [0.2, 0.25) is 5.09 Å². The summed E-state index contributed by atoms with van der Waals surface area (Å²) in [7, 11) is -7.11. The summed E-state index contributed by atoms with van der Waals surface area (Å²) in [5.41, 5.74) is 0.146. The lowest BCUT2D eigenvalue weighted by molar-refractivity contribution is -0.144. The largest absolute Gasteiger partial charge is 0.468 e. The van der Waals surface area contributed by atoms with Crippen LogP contribution in [0.2, 0.25) is 0 Å². The van der Waals surface area contributed by atoms with Crippen molar-refractivity contribution >= 4 is 37.1 Å². The number of methoxy groups -OCH3 is 1. The first-order chi connectivity index (χ1) is 12.5. The van der Waals surface area contributed by atoms with Gasteiger partial charge in [-0.05, 0) is 18.2 Å². The van der Waals surface area contributed by atoms with Gasteiger partial charge in [0.15, 0.2) is 0 Å². The van der Waals surface area contributed by atoms with Gasteiger partial charge < -0.3 is 9.15 Å². The van der Waals surface area contributed by atoms with Crippen LogP contribution in [0.5, 0.6) is 0 Å². The Hall–Kier alpha value is -2.02. The van der Waals surface area contributed by atoms with Crippen LogP contribution in [0.3, 0.4) is 0 Å². The summed E-state index contributed by atoms with van der Waals surface area (Å²) in [5.74, 6) is -1.43. The van der Waals surface area contributed by atoms with E-state index in [9.17, 15) is 26.0 Å². The van der Waals surface area contributed by atoms with Crippen LogP contribution in [0.15, 0.2) is 33.8 Å². The van der Waals surface area contributed by atoms with E-state index in [4.69, 9.17) is 8.60 Å². The van der Waals surface area contributed by atoms with Gasteiger partial charge in [-0.3, -0.25) is 8.98 Å². The number of sulfonamides is 1. The van der Waals surface area contributed by atoms with Crippen molar-refractivity contribution < 1.29 is 39.4 Å². The standard InChI is InChI=1S/C15H16FNO8S2/c1-23-15(18)12-7-11(25-26(2,19)20)8-17(12)27(21,22)14-6-9-5-10(16)3-4-13(9)24-14/h3-6,11-12H,7-8H2,1-2H3/t11?,12-/m0/s1. The van der Waals surface area contributed by atoms with E-state index in [0.29, 0.717) is 0 Å². The summed E-state index contributed by atoms with van der Waals surface area (Å²) in [4.78, 5) is 12.0. The number of fused-ring (bicyclic) bond motifs is 1. The van der Waals surface area contributed by atoms with Crippen LogP contribution in [0.4, 0.5) is 4.39 Å². The van der Waals surface area contributed by atoms with Crippen molar-refractivity contribution in [3.8, 4) is 0 Å². The van der Waals surface area contributed by atoms with Gasteiger partial charge in [0.25, 0.3) is 20.1 Å². The lowest BCUT2D eigenvalue weighted by Crippen LogP contribution is -2.41. The molecule has 1 saturated heterocycles. The highest BCUT2D eigenvalue weighted by atomic mass is 32.2. The Kier molecular flexibility index (Phi) is 5.01. The Balaban J connectivity index is 1.99. The van der Waals surface area contributed by atoms with Gasteiger partial charge in [0.05, 0.1) is 19.5 Å². The van der Waals surface area contributed by atoms with Gasteiger partial charge in [0, 0.05) is 24.4 Å². The highest BCUT2D eigenvalue weighted by molar-refractivity contribution is 7.89. The van der Waals surface area contributed by atoms with Crippen molar-refractivity contribution in [1.29, 1.82) is 0 Å². The highest BCUT2D eigenvalue weighted by Crippen LogP contribution is 2.32. The van der Waals surface area contributed by atoms with Gasteiger partial charge >= 0.3 is 5.97 Å². The molecular weight excluding hydrogens is 405 g/mol. The number of nitrogens with zero attached hydrogens (tertiary/aromatic N) is 1. The minimum absolute atomic E-state index is 0.146. The van der Waals surface area contributed by atoms with Crippen molar-refractivity contribution in [3.05, 3.63) is 30.1 Å². The number of esters is 1. The zero-order chi connectivity index (χ0) is 20.0. The number of benzene rings is 1. The topological polar surface area (TPSA) is 120 Å². The Labute approximate surface area is 154 Å². The molecule has 0 amide bonds. The Morgan fingerprint density at radius 2 is 1.96 bits per heavy atom. The van der Waals surface area contributed by atoms with Crippen LogP contribution in [-0.4, -0.2) is 59.2 Å². The van der Waals surface area contributed by atoms with Crippen molar-refractivity contribution in [2.45, 2.75) is 23.7 Å². The van der Waals surface area contributed by atoms with E-state index in [1.807, 2.05) is 0 Å². The molecule has 1 unspecified atom stereocenters. The molecule has 9 nitrogen and oxygen atoms in total. The first kappa shape index (κ1) is 19.7. The van der Waals surface area contributed by atoms with E-state index in [-0.39, 0.29) is 23.9 Å². The van der Waals surface area contributed by atoms with Gasteiger partial charge in [0.1, 0.15) is 17.4 Å². The van der Waals surface area contributed by atoms with Crippen molar-refractivity contribution in [2.24, 2.45) is 0 Å². The second-order valence-electron chi connectivity index (χ2n) is 6.02. The number of carbonyl (C=O) groups is 1. The molecule has 2 atom stereocenters. The number of ether oxygens (including phenoxy) is 1. The third-order valence-electron chi connectivity index (χ3n) is 4.02. The lowest BCUT2D eigenvalue weighted by Gasteiger charge is -2.20. The molecule has 27 heavy (non-hydrogen) atoms. The van der Waals surface area contributed by atoms with E-state index in [0.717, 1.165) is 35.9 Å². The second kappa shape index (κ2) is 6.86. The molecule has 148 valence electrons. The molecule has 12 heteroatoms. The molecule has 1 aromatic carbocycles. The maximum absolute atomic E-state index is 13.3. The minimum atomic E-state index is -4.34. The molecule has 1 aliphatic rings. The number of furan rings is 1. The Morgan fingerprint density at radius 1 is 1.26 bits per heavy atom. The minimum Gasteiger partial charge on any atom is -0.468 e. The summed E-state index contributed by atoms with van der Waals surface area (Å²) >= 11 is 0. The number of hydrogen-bond donors (Lipinski definition) is 0. The van der Waals surface area contributed by atoms with Crippen LogP contribution in [-0.2, 0) is 33.9 Å². The molecule has 0 N–H and O–H groups in total. The van der Waals surface area contributed by atoms with E-state index in [2.05, 4.69) is 4.74 Å². The molecule has 1 aliphatic heterocycles. The summed E-state index contributed by atoms with van der Waals surface area (Å²) in [6.07, 6.45) is -0.431. The van der Waals surface area contributed by atoms with Gasteiger partial charge in [-0.15, -0.1) is 0 Å². The van der Waals surface area contributed by atoms with Crippen LogP contribution < -0.4 is 0 Å². The van der Waals surface area contributed by atoms with Crippen LogP contribution >= 0.6 is 0 Å². The number of hydrogen-bond acceptors (Lipinski definition) is 8. The maximum Gasteiger partial charge on any atom is 0.324 e. The fourth-order valence-electron chi connectivity index (χ4n) is 2.93. The molecule has 0 spiro atoms. The normalized spacial score (nSPS) is 21.6. The summed E-state index contributed by atoms with van der Waals surface area (Å²) < 4.78 is 77.5. The second-order valence-corrected chi connectivity index (χ2v) is 9.44. The predicted molar refractivity (Wildman–Crippen MR) is 90.2 cm³/mol. The molecule has 0 radical (unpaired) electrons. The summed E-state index contributed by atoms with van der Waals surface area (Å²) in [6.45, 7) is -0.388. The van der Waals surface area contributed by atoms with Gasteiger partial charge in [-0.2, -0.15) is 12.7 Å². The van der Waals surface area contributed by atoms with E-state index < -0.39 is 49.2 Å². The fourth-order valence-corrected chi connectivity index (χ4v) is 5.14. The molecule has 3 rings (SSSR count). The Morgan fingerprint density at radius 3 is 2.59 bits per heavy atom. The number of rotatable bonds is 5. The molecule has 0 aliphatic carbocycles. The van der Waals surface area contributed by atoms with E-state index in [1.165, 1.54) is 6.07 Å². The monoisotopic (exact) mass is 421 g/mol. The Bertz CT molecular complexity index is 1090. The molecule has 0 bridgehead atoms. The van der Waals surface area contributed by atoms with Crippen molar-refractivity contribution in [3.63, 3.8) is 0 Å². The highest BCUT2D eigenvalue weighted by Gasteiger charge is 2.47. The van der Waals surface area contributed by atoms with Crippen LogP contribution in [0.1, 0.15) is 6.42 Å². The zero-order valence-electron chi connectivity index (χ0n) is 14.3. The third kappa shape index (κ3) is 3.98. The average molecular weight is 421 g/mol. The molecule has 2 aromatic rings. The summed E-state index contributed by atoms with van der Waals surface area (Å²) in [6, 6.07) is 3.35. The molecule has 1 fully saturated rings. The zero-order valence-corrected chi connectivity index (χ0v) is 15.9. The van der Waals surface area contributed by atoms with Crippen LogP contribution in [0, 0.1) is 5.82 Å². The van der Waals surface area contributed by atoms with Crippen LogP contribution in [0.25, 0.3) is 11.0 Å². The molecule has 1 aromatic heterocycles. The maximum atomic E-state index is 13.3. The van der Waals surface area contributed by atoms with Gasteiger partial charge in [-0.25, -0.2) is 12.8 Å². The first-order valence-electron chi connectivity index (χ1n) is 7.68. The fraction of sp³-hybridized carbons (Fsp3) is 0.400. The molecular formula is C15H16FNO8S2. The lowest BCUT2D eigenvalue weighted by atomic mass is 10.2. The van der Waals surface area contributed by atoms with Crippen molar-refractivity contribution in [1.82, 2.24) is 4.31 Å². The third-order valence-corrected chi connectivity index (χ3v) is 6.37. The van der Waals surface area contributed by atoms with Crippen molar-refractivity contribution in [2.75, 3.05) is 19.9 Å². The SMILES string of the molecule is COC(=O)[C@@H]1CC(OS(C)(=O)=O)CN1S(=O)(=O)c1cc2cc(F)ccc2o1. The van der Waals surface area contributed by atoms with E-state index in [1.54, 1.807) is 0 Å². The predicted octanol–water partition coefficient (Wildman–Crippen LogP) is 0.853. The quantitative estimate of drug-likeness (QED) is 0.515. The molecule has 0 saturated carbocycles. The van der Waals surface area contributed by atoms with Gasteiger partial charge in [-0.1, -0.05) is 0 Å². The number of carbonyl (C=O) groups excluding carboxylic acids is 1. The molecule has 2 heterocycles. The first-order valence-corrected chi connectivity index (χ1v) is 10.9. The smallest absolute Gasteiger partial charge is 0.324 e. The van der Waals surface area contributed by atoms with E-state index >= 15 is 0 Å². The average Bonchev–Trinajstić information content (AvgIpc) is 3.16. The summed E-state index contributed by atoms with van der Waals surface area (Å²) in [5, 5.41) is -0.275.